The molecule has 1 aromatic carbocycles. The molecule has 26 heavy (non-hydrogen) atoms. The fourth-order valence-electron chi connectivity index (χ4n) is 3.43. The molecule has 0 amide bonds. The molecule has 0 aliphatic carbocycles. The summed E-state index contributed by atoms with van der Waals surface area (Å²) in [5, 5.41) is 10.0. The van der Waals surface area contributed by atoms with Crippen molar-refractivity contribution in [2.45, 2.75) is 57.0 Å². The van der Waals surface area contributed by atoms with E-state index in [1.54, 1.807) is 17.6 Å². The maximum absolute atomic E-state index is 12.8. The zero-order chi connectivity index (χ0) is 19.1. The maximum atomic E-state index is 12.8. The number of carbonyl (C=O) groups is 1. The molecule has 7 nitrogen and oxygen atoms in total. The van der Waals surface area contributed by atoms with E-state index in [1.807, 2.05) is 6.92 Å². The van der Waals surface area contributed by atoms with E-state index in [9.17, 15) is 23.1 Å². The lowest BCUT2D eigenvalue weighted by atomic mass is 10.1. The van der Waals surface area contributed by atoms with Crippen LogP contribution >= 0.6 is 0 Å². The molecule has 2 N–H and O–H groups in total. The number of sulfonamides is 1. The van der Waals surface area contributed by atoms with Gasteiger partial charge in [-0.25, -0.2) is 8.42 Å². The molecule has 0 saturated heterocycles. The fourth-order valence-corrected chi connectivity index (χ4v) is 4.73. The van der Waals surface area contributed by atoms with Crippen LogP contribution in [0.25, 0.3) is 10.9 Å². The highest BCUT2D eigenvalue weighted by Gasteiger charge is 2.27. The van der Waals surface area contributed by atoms with Crippen LogP contribution in [0.3, 0.4) is 0 Å². The van der Waals surface area contributed by atoms with Crippen molar-refractivity contribution in [2.75, 3.05) is 0 Å². The molecule has 1 atom stereocenters. The van der Waals surface area contributed by atoms with Crippen molar-refractivity contribution >= 4 is 26.9 Å². The Morgan fingerprint density at radius 2 is 2.08 bits per heavy atom. The standard InChI is InChI=1S/C18H22N2O5S/c1-3-4-5-15(18(22)23)19-26(24,25)13-9-12-6-7-20-16(21)8-11(2)14(10-13)17(12)20/h8-10,15,19H,3-7H2,1-2H3,(H,22,23). The quantitative estimate of drug-likeness (QED) is 0.764. The normalized spacial score (nSPS) is 14.7. The van der Waals surface area contributed by atoms with Crippen molar-refractivity contribution in [3.8, 4) is 0 Å². The van der Waals surface area contributed by atoms with Gasteiger partial charge in [-0.3, -0.25) is 9.59 Å². The molecule has 1 aromatic heterocycles. The van der Waals surface area contributed by atoms with E-state index >= 15 is 0 Å². The van der Waals surface area contributed by atoms with Crippen molar-refractivity contribution in [3.63, 3.8) is 0 Å². The number of aryl methyl sites for hydroxylation is 3. The van der Waals surface area contributed by atoms with Gasteiger partial charge in [-0.2, -0.15) is 4.72 Å². The number of carboxylic acid groups (broad SMARTS) is 1. The van der Waals surface area contributed by atoms with Gasteiger partial charge in [0.2, 0.25) is 10.0 Å². The van der Waals surface area contributed by atoms with Crippen LogP contribution in [-0.4, -0.2) is 30.1 Å². The molecule has 3 rings (SSSR count). The summed E-state index contributed by atoms with van der Waals surface area (Å²) in [6.07, 6.45) is 2.22. The van der Waals surface area contributed by atoms with Crippen LogP contribution in [0.15, 0.2) is 27.9 Å². The van der Waals surface area contributed by atoms with E-state index < -0.39 is 22.0 Å². The largest absolute Gasteiger partial charge is 0.480 e. The average molecular weight is 378 g/mol. The molecular weight excluding hydrogens is 356 g/mol. The lowest BCUT2D eigenvalue weighted by Gasteiger charge is -2.16. The highest BCUT2D eigenvalue weighted by Crippen LogP contribution is 2.29. The third kappa shape index (κ3) is 3.26. The zero-order valence-electron chi connectivity index (χ0n) is 14.8. The van der Waals surface area contributed by atoms with Gasteiger partial charge in [0.15, 0.2) is 0 Å². The number of benzene rings is 1. The van der Waals surface area contributed by atoms with Crippen molar-refractivity contribution < 1.29 is 18.3 Å². The third-order valence-electron chi connectivity index (χ3n) is 4.82. The summed E-state index contributed by atoms with van der Waals surface area (Å²) in [5.74, 6) is -1.18. The number of hydrogen-bond donors (Lipinski definition) is 2. The van der Waals surface area contributed by atoms with Gasteiger partial charge in [-0.15, -0.1) is 0 Å². The molecule has 0 bridgehead atoms. The summed E-state index contributed by atoms with van der Waals surface area (Å²) in [6.45, 7) is 4.21. The van der Waals surface area contributed by atoms with Crippen LogP contribution in [0.5, 0.6) is 0 Å². The van der Waals surface area contributed by atoms with Gasteiger partial charge in [0.1, 0.15) is 6.04 Å². The summed E-state index contributed by atoms with van der Waals surface area (Å²) in [7, 11) is -3.98. The number of unbranched alkanes of at least 4 members (excludes halogenated alkanes) is 1. The van der Waals surface area contributed by atoms with Gasteiger partial charge >= 0.3 is 5.97 Å². The molecule has 1 aliphatic heterocycles. The predicted molar refractivity (Wildman–Crippen MR) is 97.9 cm³/mol. The Kier molecular flexibility index (Phi) is 4.90. The highest BCUT2D eigenvalue weighted by molar-refractivity contribution is 7.89. The summed E-state index contributed by atoms with van der Waals surface area (Å²) >= 11 is 0. The minimum absolute atomic E-state index is 0.0398. The number of nitrogens with one attached hydrogen (secondary N) is 1. The topological polar surface area (TPSA) is 105 Å². The van der Waals surface area contributed by atoms with Crippen molar-refractivity contribution in [1.29, 1.82) is 0 Å². The molecule has 2 heterocycles. The van der Waals surface area contributed by atoms with Crippen molar-refractivity contribution in [3.05, 3.63) is 39.7 Å². The van der Waals surface area contributed by atoms with Crippen LogP contribution in [0.4, 0.5) is 0 Å². The van der Waals surface area contributed by atoms with E-state index in [2.05, 4.69) is 4.72 Å². The lowest BCUT2D eigenvalue weighted by Crippen LogP contribution is -2.40. The second-order valence-corrected chi connectivity index (χ2v) is 8.41. The van der Waals surface area contributed by atoms with E-state index in [1.165, 1.54) is 12.1 Å². The minimum atomic E-state index is -3.98. The molecule has 2 aromatic rings. The molecule has 8 heteroatoms. The van der Waals surface area contributed by atoms with Crippen LogP contribution in [0.1, 0.15) is 37.3 Å². The highest BCUT2D eigenvalue weighted by atomic mass is 32.2. The van der Waals surface area contributed by atoms with Gasteiger partial charge in [0.25, 0.3) is 5.56 Å². The minimum Gasteiger partial charge on any atom is -0.480 e. The van der Waals surface area contributed by atoms with E-state index in [0.29, 0.717) is 30.3 Å². The molecular formula is C18H22N2O5S. The van der Waals surface area contributed by atoms with Gasteiger partial charge < -0.3 is 9.67 Å². The van der Waals surface area contributed by atoms with E-state index in [-0.39, 0.29) is 16.9 Å². The Morgan fingerprint density at radius 3 is 2.73 bits per heavy atom. The van der Waals surface area contributed by atoms with Crippen LogP contribution < -0.4 is 10.3 Å². The summed E-state index contributed by atoms with van der Waals surface area (Å²) in [5.41, 5.74) is 2.19. The monoisotopic (exact) mass is 378 g/mol. The maximum Gasteiger partial charge on any atom is 0.321 e. The summed E-state index contributed by atoms with van der Waals surface area (Å²) < 4.78 is 29.5. The van der Waals surface area contributed by atoms with Crippen molar-refractivity contribution in [2.24, 2.45) is 0 Å². The first-order valence-electron chi connectivity index (χ1n) is 8.67. The Bertz CT molecular complexity index is 1040. The fraction of sp³-hybridized carbons (Fsp3) is 0.444. The van der Waals surface area contributed by atoms with Crippen LogP contribution in [0.2, 0.25) is 0 Å². The first kappa shape index (κ1) is 18.6. The molecule has 0 saturated carbocycles. The number of aliphatic carboxylic acids is 1. The van der Waals surface area contributed by atoms with Crippen LogP contribution in [-0.2, 0) is 27.8 Å². The second-order valence-electron chi connectivity index (χ2n) is 6.70. The van der Waals surface area contributed by atoms with Crippen molar-refractivity contribution in [1.82, 2.24) is 9.29 Å². The molecule has 0 fully saturated rings. The number of pyridine rings is 1. The number of rotatable bonds is 7. The Balaban J connectivity index is 2.06. The first-order valence-corrected chi connectivity index (χ1v) is 10.1. The predicted octanol–water partition coefficient (Wildman–Crippen LogP) is 1.79. The number of carboxylic acids is 1. The lowest BCUT2D eigenvalue weighted by molar-refractivity contribution is -0.139. The van der Waals surface area contributed by atoms with E-state index in [0.717, 1.165) is 17.5 Å². The first-order chi connectivity index (χ1) is 12.2. The number of hydrogen-bond acceptors (Lipinski definition) is 4. The molecule has 1 aliphatic rings. The van der Waals surface area contributed by atoms with Gasteiger partial charge in [0.05, 0.1) is 10.4 Å². The SMILES string of the molecule is CCCCC(NS(=O)(=O)c1cc2c3c(c1)c(C)cc(=O)n3CC2)C(=O)O. The number of nitrogens with zero attached hydrogens (tertiary/aromatic N) is 1. The summed E-state index contributed by atoms with van der Waals surface area (Å²) in [4.78, 5) is 23.5. The van der Waals surface area contributed by atoms with Gasteiger partial charge in [-0.1, -0.05) is 19.8 Å². The molecule has 140 valence electrons. The zero-order valence-corrected chi connectivity index (χ0v) is 15.6. The molecule has 0 spiro atoms. The third-order valence-corrected chi connectivity index (χ3v) is 6.27. The second kappa shape index (κ2) is 6.85. The molecule has 1 unspecified atom stereocenters. The Morgan fingerprint density at radius 1 is 1.35 bits per heavy atom. The van der Waals surface area contributed by atoms with Gasteiger partial charge in [-0.05, 0) is 43.0 Å². The van der Waals surface area contributed by atoms with Gasteiger partial charge in [0, 0.05) is 18.0 Å². The number of aromatic nitrogens is 1. The molecule has 0 radical (unpaired) electrons. The Labute approximate surface area is 151 Å². The van der Waals surface area contributed by atoms with E-state index in [4.69, 9.17) is 0 Å². The Hall–Kier alpha value is -2.19. The smallest absolute Gasteiger partial charge is 0.321 e. The summed E-state index contributed by atoms with van der Waals surface area (Å²) in [6, 6.07) is 3.42. The average Bonchev–Trinajstić information content (AvgIpc) is 3.00. The van der Waals surface area contributed by atoms with Crippen LogP contribution in [0, 0.1) is 6.92 Å².